The van der Waals surface area contributed by atoms with Crippen molar-refractivity contribution in [3.63, 3.8) is 0 Å². The molecule has 0 saturated carbocycles. The molecule has 0 N–H and O–H groups in total. The third-order valence-electron chi connectivity index (χ3n) is 1.83. The summed E-state index contributed by atoms with van der Waals surface area (Å²) in [5.41, 5.74) is 0.509. The fraction of sp³-hybridized carbons (Fsp3) is 0.200. The van der Waals surface area contributed by atoms with E-state index < -0.39 is 12.8 Å². The second-order valence-corrected chi connectivity index (χ2v) is 3.02. The summed E-state index contributed by atoms with van der Waals surface area (Å²) in [4.78, 5) is 0. The highest BCUT2D eigenvalue weighted by Crippen LogP contribution is 2.23. The lowest BCUT2D eigenvalue weighted by molar-refractivity contribution is -0.153. The quantitative estimate of drug-likeness (QED) is 0.767. The van der Waals surface area contributed by atoms with Gasteiger partial charge in [-0.1, -0.05) is 0 Å². The van der Waals surface area contributed by atoms with Gasteiger partial charge < -0.3 is 9.15 Å². The van der Waals surface area contributed by atoms with Gasteiger partial charge in [-0.2, -0.15) is 13.2 Å². The zero-order valence-corrected chi connectivity index (χ0v) is 7.54. The van der Waals surface area contributed by atoms with Crippen molar-refractivity contribution >= 4 is 11.0 Å². The molecule has 2 rings (SSSR count). The number of ether oxygens (including phenoxy) is 1. The van der Waals surface area contributed by atoms with Gasteiger partial charge in [-0.25, -0.2) is 0 Å². The summed E-state index contributed by atoms with van der Waals surface area (Å²) < 4.78 is 45.1. The molecule has 2 aromatic rings. The number of halogens is 3. The highest BCUT2D eigenvalue weighted by molar-refractivity contribution is 5.78. The van der Waals surface area contributed by atoms with E-state index in [-0.39, 0.29) is 5.75 Å². The minimum absolute atomic E-state index is 0.148. The molecule has 0 bridgehead atoms. The summed E-state index contributed by atoms with van der Waals surface area (Å²) in [6.45, 7) is -1.29. The SMILES string of the molecule is FC(F)(F)COc1ccc2ccoc2c1. The number of rotatable bonds is 2. The van der Waals surface area contributed by atoms with Gasteiger partial charge in [-0.15, -0.1) is 0 Å². The molecule has 0 unspecified atom stereocenters. The Labute approximate surface area is 83.2 Å². The minimum atomic E-state index is -4.32. The fourth-order valence-corrected chi connectivity index (χ4v) is 1.19. The van der Waals surface area contributed by atoms with Gasteiger partial charge in [0.15, 0.2) is 6.61 Å². The Balaban J connectivity index is 2.15. The third-order valence-corrected chi connectivity index (χ3v) is 1.83. The van der Waals surface area contributed by atoms with Crippen LogP contribution in [-0.2, 0) is 0 Å². The van der Waals surface area contributed by atoms with Crippen molar-refractivity contribution in [2.45, 2.75) is 6.18 Å². The molecular weight excluding hydrogens is 209 g/mol. The standard InChI is InChI=1S/C10H7F3O2/c11-10(12,13)6-15-8-2-1-7-3-4-14-9(7)5-8/h1-5H,6H2. The normalized spacial score (nSPS) is 11.9. The van der Waals surface area contributed by atoms with E-state index in [4.69, 9.17) is 4.42 Å². The van der Waals surface area contributed by atoms with Crippen LogP contribution in [0.5, 0.6) is 5.75 Å². The molecule has 15 heavy (non-hydrogen) atoms. The smallest absolute Gasteiger partial charge is 0.422 e. The molecule has 0 aliphatic heterocycles. The summed E-state index contributed by atoms with van der Waals surface area (Å²) in [6, 6.07) is 6.28. The minimum Gasteiger partial charge on any atom is -0.484 e. The van der Waals surface area contributed by atoms with Crippen molar-refractivity contribution in [2.24, 2.45) is 0 Å². The number of hydrogen-bond acceptors (Lipinski definition) is 2. The molecule has 0 radical (unpaired) electrons. The molecule has 0 atom stereocenters. The Bertz CT molecular complexity index is 459. The Kier molecular flexibility index (Phi) is 2.30. The Morgan fingerprint density at radius 1 is 1.20 bits per heavy atom. The van der Waals surface area contributed by atoms with Gasteiger partial charge in [-0.05, 0) is 18.2 Å². The topological polar surface area (TPSA) is 22.4 Å². The molecule has 2 nitrogen and oxygen atoms in total. The lowest BCUT2D eigenvalue weighted by Gasteiger charge is -2.08. The van der Waals surface area contributed by atoms with Crippen LogP contribution in [0.25, 0.3) is 11.0 Å². The van der Waals surface area contributed by atoms with Crippen LogP contribution in [0.2, 0.25) is 0 Å². The van der Waals surface area contributed by atoms with Crippen molar-refractivity contribution in [3.8, 4) is 5.75 Å². The van der Waals surface area contributed by atoms with Gasteiger partial charge >= 0.3 is 6.18 Å². The summed E-state index contributed by atoms with van der Waals surface area (Å²) in [7, 11) is 0. The van der Waals surface area contributed by atoms with E-state index in [0.717, 1.165) is 5.39 Å². The molecule has 0 amide bonds. The van der Waals surface area contributed by atoms with Gasteiger partial charge in [-0.3, -0.25) is 0 Å². The molecule has 5 heteroatoms. The Morgan fingerprint density at radius 3 is 2.73 bits per heavy atom. The van der Waals surface area contributed by atoms with Gasteiger partial charge in [0.1, 0.15) is 11.3 Å². The number of fused-ring (bicyclic) bond motifs is 1. The van der Waals surface area contributed by atoms with E-state index >= 15 is 0 Å². The summed E-state index contributed by atoms with van der Waals surface area (Å²) in [5, 5.41) is 0.828. The number of benzene rings is 1. The van der Waals surface area contributed by atoms with Crippen molar-refractivity contribution in [1.82, 2.24) is 0 Å². The zero-order chi connectivity index (χ0) is 10.9. The van der Waals surface area contributed by atoms with E-state index in [9.17, 15) is 13.2 Å². The van der Waals surface area contributed by atoms with Crippen LogP contribution in [0.15, 0.2) is 34.9 Å². The molecule has 0 fully saturated rings. The lowest BCUT2D eigenvalue weighted by atomic mass is 10.2. The first-order chi connectivity index (χ1) is 7.04. The molecule has 80 valence electrons. The summed E-state index contributed by atoms with van der Waals surface area (Å²) in [5.74, 6) is 0.148. The van der Waals surface area contributed by atoms with Crippen LogP contribution >= 0.6 is 0 Å². The molecule has 1 aromatic carbocycles. The lowest BCUT2D eigenvalue weighted by Crippen LogP contribution is -2.19. The van der Waals surface area contributed by atoms with Crippen molar-refractivity contribution in [2.75, 3.05) is 6.61 Å². The highest BCUT2D eigenvalue weighted by Gasteiger charge is 2.28. The van der Waals surface area contributed by atoms with E-state index in [1.807, 2.05) is 0 Å². The van der Waals surface area contributed by atoms with Crippen LogP contribution in [0.4, 0.5) is 13.2 Å². The summed E-state index contributed by atoms with van der Waals surface area (Å²) in [6.07, 6.45) is -2.85. The maximum Gasteiger partial charge on any atom is 0.422 e. The average molecular weight is 216 g/mol. The van der Waals surface area contributed by atoms with Gasteiger partial charge in [0.2, 0.25) is 0 Å². The van der Waals surface area contributed by atoms with Crippen LogP contribution in [0.1, 0.15) is 0 Å². The predicted molar refractivity (Wildman–Crippen MR) is 47.8 cm³/mol. The van der Waals surface area contributed by atoms with E-state index in [0.29, 0.717) is 5.58 Å². The van der Waals surface area contributed by atoms with Crippen LogP contribution in [-0.4, -0.2) is 12.8 Å². The maximum absolute atomic E-state index is 11.8. The van der Waals surface area contributed by atoms with Crippen LogP contribution in [0.3, 0.4) is 0 Å². The molecule has 1 heterocycles. The summed E-state index contributed by atoms with van der Waals surface area (Å²) >= 11 is 0. The first-order valence-corrected chi connectivity index (χ1v) is 4.21. The monoisotopic (exact) mass is 216 g/mol. The Morgan fingerprint density at radius 2 is 2.00 bits per heavy atom. The average Bonchev–Trinajstić information content (AvgIpc) is 2.60. The van der Waals surface area contributed by atoms with E-state index in [2.05, 4.69) is 4.74 Å². The van der Waals surface area contributed by atoms with Gasteiger partial charge in [0.05, 0.1) is 6.26 Å². The first kappa shape index (κ1) is 9.89. The van der Waals surface area contributed by atoms with E-state index in [1.165, 1.54) is 18.4 Å². The highest BCUT2D eigenvalue weighted by atomic mass is 19.4. The van der Waals surface area contributed by atoms with Crippen LogP contribution < -0.4 is 4.74 Å². The number of hydrogen-bond donors (Lipinski definition) is 0. The predicted octanol–water partition coefficient (Wildman–Crippen LogP) is 3.37. The molecule has 0 aliphatic rings. The van der Waals surface area contributed by atoms with Crippen molar-refractivity contribution in [3.05, 3.63) is 30.5 Å². The second kappa shape index (κ2) is 3.49. The first-order valence-electron chi connectivity index (χ1n) is 4.21. The van der Waals surface area contributed by atoms with Gasteiger partial charge in [0, 0.05) is 11.5 Å². The largest absolute Gasteiger partial charge is 0.484 e. The molecule has 0 aliphatic carbocycles. The number of alkyl halides is 3. The van der Waals surface area contributed by atoms with Crippen molar-refractivity contribution < 1.29 is 22.3 Å². The van der Waals surface area contributed by atoms with E-state index in [1.54, 1.807) is 12.1 Å². The van der Waals surface area contributed by atoms with Gasteiger partial charge in [0.25, 0.3) is 0 Å². The maximum atomic E-state index is 11.8. The molecule has 1 aromatic heterocycles. The molecule has 0 spiro atoms. The fourth-order valence-electron chi connectivity index (χ4n) is 1.19. The molecular formula is C10H7F3O2. The number of furan rings is 1. The van der Waals surface area contributed by atoms with Crippen LogP contribution in [0, 0.1) is 0 Å². The third kappa shape index (κ3) is 2.43. The molecule has 0 saturated heterocycles. The Hall–Kier alpha value is -1.65. The zero-order valence-electron chi connectivity index (χ0n) is 7.54. The van der Waals surface area contributed by atoms with Crippen molar-refractivity contribution in [1.29, 1.82) is 0 Å². The second-order valence-electron chi connectivity index (χ2n) is 3.02.